The summed E-state index contributed by atoms with van der Waals surface area (Å²) >= 11 is 1.90. The van der Waals surface area contributed by atoms with Crippen molar-refractivity contribution in [2.24, 2.45) is 0 Å². The molecule has 1 unspecified atom stereocenters. The zero-order valence-corrected chi connectivity index (χ0v) is 22.1. The Morgan fingerprint density at radius 2 is 1.26 bits per heavy atom. The smallest absolute Gasteiger partial charge is 0.0511 e. The van der Waals surface area contributed by atoms with E-state index in [0.717, 1.165) is 12.8 Å². The van der Waals surface area contributed by atoms with E-state index in [4.69, 9.17) is 0 Å². The van der Waals surface area contributed by atoms with Gasteiger partial charge in [0.15, 0.2) is 0 Å². The van der Waals surface area contributed by atoms with Crippen molar-refractivity contribution in [3.8, 4) is 11.1 Å². The number of nitrogens with zero attached hydrogens (tertiary/aromatic N) is 1. The van der Waals surface area contributed by atoms with Crippen molar-refractivity contribution < 1.29 is 0 Å². The van der Waals surface area contributed by atoms with Crippen LogP contribution in [0.2, 0.25) is 0 Å². The van der Waals surface area contributed by atoms with Gasteiger partial charge in [0.05, 0.1) is 5.69 Å². The summed E-state index contributed by atoms with van der Waals surface area (Å²) < 4.78 is 2.70. The van der Waals surface area contributed by atoms with Gasteiger partial charge in [-0.05, 0) is 84.3 Å². The van der Waals surface area contributed by atoms with E-state index < -0.39 is 0 Å². The molecule has 1 aliphatic rings. The molecule has 1 aliphatic carbocycles. The quantitative estimate of drug-likeness (QED) is 0.210. The van der Waals surface area contributed by atoms with Crippen LogP contribution in [-0.2, 0) is 0 Å². The predicted molar refractivity (Wildman–Crippen MR) is 165 cm³/mol. The summed E-state index contributed by atoms with van der Waals surface area (Å²) in [6, 6.07) is 44.3. The average Bonchev–Trinajstić information content (AvgIpc) is 3.36. The third kappa shape index (κ3) is 4.21. The van der Waals surface area contributed by atoms with Crippen LogP contribution in [0.5, 0.6) is 0 Å². The Bertz CT molecular complexity index is 1730. The summed E-state index contributed by atoms with van der Waals surface area (Å²) in [5, 5.41) is 2.75. The zero-order valence-electron chi connectivity index (χ0n) is 21.3. The van der Waals surface area contributed by atoms with Crippen molar-refractivity contribution in [3.05, 3.63) is 139 Å². The second-order valence-corrected chi connectivity index (χ2v) is 11.2. The van der Waals surface area contributed by atoms with Gasteiger partial charge < -0.3 is 4.90 Å². The van der Waals surface area contributed by atoms with Crippen LogP contribution < -0.4 is 4.90 Å². The van der Waals surface area contributed by atoms with Crippen LogP contribution >= 0.6 is 11.3 Å². The van der Waals surface area contributed by atoms with Crippen LogP contribution in [-0.4, -0.2) is 0 Å². The highest BCUT2D eigenvalue weighted by atomic mass is 32.1. The Hall–Kier alpha value is -4.14. The molecule has 0 saturated heterocycles. The molecule has 0 amide bonds. The lowest BCUT2D eigenvalue weighted by Gasteiger charge is -2.31. The lowest BCUT2D eigenvalue weighted by Crippen LogP contribution is -2.14. The molecule has 1 atom stereocenters. The fraction of sp³-hybridized carbons (Fsp3) is 0.111. The number of allylic oxidation sites excluding steroid dienone is 2. The number of fused-ring (bicyclic) bond motifs is 3. The second-order valence-electron chi connectivity index (χ2n) is 10.1. The van der Waals surface area contributed by atoms with E-state index in [9.17, 15) is 0 Å². The first-order chi connectivity index (χ1) is 18.8. The minimum atomic E-state index is 0.507. The summed E-state index contributed by atoms with van der Waals surface area (Å²) in [6.45, 7) is 0. The number of rotatable bonds is 5. The van der Waals surface area contributed by atoms with Crippen molar-refractivity contribution in [1.82, 2.24) is 0 Å². The van der Waals surface area contributed by atoms with Gasteiger partial charge in [-0.2, -0.15) is 0 Å². The molecule has 1 aromatic heterocycles. The minimum Gasteiger partial charge on any atom is -0.310 e. The molecule has 0 bridgehead atoms. The number of anilines is 3. The van der Waals surface area contributed by atoms with E-state index in [1.807, 2.05) is 11.3 Å². The van der Waals surface area contributed by atoms with E-state index in [-0.39, 0.29) is 0 Å². The van der Waals surface area contributed by atoms with Crippen LogP contribution in [0.3, 0.4) is 0 Å². The number of benzene rings is 5. The maximum Gasteiger partial charge on any atom is 0.0511 e. The summed E-state index contributed by atoms with van der Waals surface area (Å²) in [4.78, 5) is 2.46. The van der Waals surface area contributed by atoms with E-state index in [2.05, 4.69) is 138 Å². The maximum absolute atomic E-state index is 2.50. The van der Waals surface area contributed by atoms with Crippen LogP contribution in [0.15, 0.2) is 133 Å². The molecule has 0 spiro atoms. The van der Waals surface area contributed by atoms with Gasteiger partial charge in [0.2, 0.25) is 0 Å². The Balaban J connectivity index is 1.44. The van der Waals surface area contributed by atoms with Crippen molar-refractivity contribution in [3.63, 3.8) is 0 Å². The number of hydrogen-bond donors (Lipinski definition) is 0. The fourth-order valence-electron chi connectivity index (χ4n) is 5.81. The highest BCUT2D eigenvalue weighted by Gasteiger charge is 2.24. The molecule has 2 heteroatoms. The van der Waals surface area contributed by atoms with Gasteiger partial charge >= 0.3 is 0 Å². The topological polar surface area (TPSA) is 3.24 Å². The molecular weight excluding hydrogens is 478 g/mol. The minimum absolute atomic E-state index is 0.507. The molecule has 1 heterocycles. The highest BCUT2D eigenvalue weighted by molar-refractivity contribution is 7.25. The van der Waals surface area contributed by atoms with E-state index in [1.54, 1.807) is 0 Å². The van der Waals surface area contributed by atoms with Gasteiger partial charge in [-0.3, -0.25) is 0 Å². The molecule has 0 N–H and O–H groups in total. The van der Waals surface area contributed by atoms with Crippen molar-refractivity contribution in [2.75, 3.05) is 4.90 Å². The van der Waals surface area contributed by atoms with E-state index >= 15 is 0 Å². The van der Waals surface area contributed by atoms with E-state index in [1.165, 1.54) is 60.3 Å². The van der Waals surface area contributed by atoms with Crippen LogP contribution in [0, 0.1) is 0 Å². The zero-order chi connectivity index (χ0) is 25.3. The molecule has 184 valence electrons. The van der Waals surface area contributed by atoms with Gasteiger partial charge in [0.25, 0.3) is 0 Å². The Morgan fingerprint density at radius 1 is 0.579 bits per heavy atom. The summed E-state index contributed by atoms with van der Waals surface area (Å²) in [5.74, 6) is 0.507. The molecule has 0 saturated carbocycles. The molecule has 38 heavy (non-hydrogen) atoms. The first kappa shape index (κ1) is 23.0. The summed E-state index contributed by atoms with van der Waals surface area (Å²) in [5.41, 5.74) is 7.59. The molecule has 0 fully saturated rings. The van der Waals surface area contributed by atoms with Gasteiger partial charge in [0, 0.05) is 31.5 Å². The normalized spacial score (nSPS) is 15.2. The first-order valence-corrected chi connectivity index (χ1v) is 14.3. The van der Waals surface area contributed by atoms with Gasteiger partial charge in [-0.25, -0.2) is 0 Å². The van der Waals surface area contributed by atoms with Gasteiger partial charge in [-0.15, -0.1) is 11.3 Å². The molecule has 0 radical (unpaired) electrons. The SMILES string of the molecule is C1=CCC(c2cc3c(cc2N(c2ccccc2)c2ccc(-c4ccccc4)cc2)sc2ccccc23)CC1. The van der Waals surface area contributed by atoms with Crippen LogP contribution in [0.4, 0.5) is 17.1 Å². The monoisotopic (exact) mass is 507 g/mol. The Morgan fingerprint density at radius 3 is 2.03 bits per heavy atom. The van der Waals surface area contributed by atoms with Crippen LogP contribution in [0.1, 0.15) is 30.7 Å². The third-order valence-corrected chi connectivity index (χ3v) is 8.86. The van der Waals surface area contributed by atoms with Crippen molar-refractivity contribution in [2.45, 2.75) is 25.2 Å². The molecule has 5 aromatic carbocycles. The van der Waals surface area contributed by atoms with Crippen LogP contribution in [0.25, 0.3) is 31.3 Å². The third-order valence-electron chi connectivity index (χ3n) is 7.72. The maximum atomic E-state index is 2.50. The largest absolute Gasteiger partial charge is 0.310 e. The Labute approximate surface area is 228 Å². The lowest BCUT2D eigenvalue weighted by atomic mass is 9.85. The lowest BCUT2D eigenvalue weighted by molar-refractivity contribution is 0.618. The number of hydrogen-bond acceptors (Lipinski definition) is 2. The summed E-state index contributed by atoms with van der Waals surface area (Å²) in [6.07, 6.45) is 8.13. The fourth-order valence-corrected chi connectivity index (χ4v) is 6.93. The first-order valence-electron chi connectivity index (χ1n) is 13.5. The molecule has 7 rings (SSSR count). The summed E-state index contributed by atoms with van der Waals surface area (Å²) in [7, 11) is 0. The predicted octanol–water partition coefficient (Wildman–Crippen LogP) is 11.0. The van der Waals surface area contributed by atoms with Gasteiger partial charge in [0.1, 0.15) is 0 Å². The standard InChI is InChI=1S/C36H29NS/c1-4-12-26(13-5-1)27-20-22-30(23-21-27)37(29-16-8-3-9-17-29)34-25-36-33(31-18-10-11-19-35(31)38-36)24-32(34)28-14-6-2-7-15-28/h1-6,8-13,16-25,28H,7,14-15H2. The second kappa shape index (κ2) is 9.96. The van der Waals surface area contributed by atoms with Crippen molar-refractivity contribution >= 4 is 48.6 Å². The molecule has 0 aliphatic heterocycles. The molecule has 6 aromatic rings. The molecular formula is C36H29NS. The number of para-hydroxylation sites is 1. The van der Waals surface area contributed by atoms with Crippen molar-refractivity contribution in [1.29, 1.82) is 0 Å². The van der Waals surface area contributed by atoms with E-state index in [0.29, 0.717) is 5.92 Å². The van der Waals surface area contributed by atoms with Gasteiger partial charge in [-0.1, -0.05) is 91.0 Å². The average molecular weight is 508 g/mol. The highest BCUT2D eigenvalue weighted by Crippen LogP contribution is 2.46. The molecule has 1 nitrogen and oxygen atoms in total. The number of thiophene rings is 1. The Kier molecular flexibility index (Phi) is 6.03.